The first-order valence-corrected chi connectivity index (χ1v) is 8.05. The zero-order valence-corrected chi connectivity index (χ0v) is 13.4. The van der Waals surface area contributed by atoms with E-state index in [0.717, 1.165) is 11.6 Å². The lowest BCUT2D eigenvalue weighted by Gasteiger charge is -2.21. The molecule has 120 valence electrons. The van der Waals surface area contributed by atoms with Crippen LogP contribution in [0.3, 0.4) is 0 Å². The van der Waals surface area contributed by atoms with Gasteiger partial charge >= 0.3 is 7.60 Å². The Balaban J connectivity index is 2.97. The van der Waals surface area contributed by atoms with Gasteiger partial charge in [-0.2, -0.15) is 0 Å². The molecule has 21 heavy (non-hydrogen) atoms. The Morgan fingerprint density at radius 1 is 1.48 bits per heavy atom. The Labute approximate surface area is 122 Å². The maximum atomic E-state index is 11.6. The van der Waals surface area contributed by atoms with Crippen LogP contribution in [0.2, 0.25) is 0 Å². The third kappa shape index (κ3) is 4.89. The largest absolute Gasteiger partial charge is 0.350 e. The lowest BCUT2D eigenvalue weighted by Crippen LogP contribution is -2.28. The number of nitrogens with zero attached hydrogens (tertiary/aromatic N) is 4. The molecule has 0 spiro atoms. The molecule has 0 aliphatic rings. The highest BCUT2D eigenvalue weighted by atomic mass is 31.2. The molecule has 1 rings (SSSR count). The number of rotatable bonds is 5. The monoisotopic (exact) mass is 320 g/mol. The predicted octanol–water partition coefficient (Wildman–Crippen LogP) is 0.880. The fourth-order valence-electron chi connectivity index (χ4n) is 1.62. The fraction of sp³-hybridized carbons (Fsp3) is 0.727. The van der Waals surface area contributed by atoms with E-state index in [4.69, 9.17) is 0 Å². The molecule has 0 aliphatic heterocycles. The molecular weight excluding hydrogens is 299 g/mol. The Kier molecular flexibility index (Phi) is 5.27. The summed E-state index contributed by atoms with van der Waals surface area (Å²) in [6.07, 6.45) is 1.33. The molecule has 1 aromatic rings. The molecule has 1 aromatic heterocycles. The summed E-state index contributed by atoms with van der Waals surface area (Å²) >= 11 is 0. The Morgan fingerprint density at radius 3 is 2.43 bits per heavy atom. The highest BCUT2D eigenvalue weighted by Crippen LogP contribution is 2.50. The number of carbonyl (C=O) groups excluding carboxylic acids is 1. The van der Waals surface area contributed by atoms with E-state index in [2.05, 4.69) is 10.3 Å². The second-order valence-electron chi connectivity index (χ2n) is 5.83. The van der Waals surface area contributed by atoms with Crippen molar-refractivity contribution in [1.82, 2.24) is 20.1 Å². The van der Waals surface area contributed by atoms with Crippen LogP contribution in [-0.2, 0) is 14.8 Å². The van der Waals surface area contributed by atoms with Crippen molar-refractivity contribution in [2.45, 2.75) is 45.3 Å². The first-order chi connectivity index (χ1) is 9.43. The molecule has 0 bridgehead atoms. The van der Waals surface area contributed by atoms with Gasteiger partial charge in [0, 0.05) is 18.8 Å². The molecule has 1 heterocycles. The second-order valence-corrected chi connectivity index (χ2v) is 7.61. The number of hydroxylamine groups is 2. The van der Waals surface area contributed by atoms with E-state index in [0.29, 0.717) is 10.8 Å². The highest BCUT2D eigenvalue weighted by Gasteiger charge is 2.33. The van der Waals surface area contributed by atoms with Crippen molar-refractivity contribution in [3.63, 3.8) is 0 Å². The summed E-state index contributed by atoms with van der Waals surface area (Å²) in [7, 11) is -4.51. The van der Waals surface area contributed by atoms with Crippen LogP contribution >= 0.6 is 7.60 Å². The number of carbonyl (C=O) groups is 1. The smallest absolute Gasteiger partial charge is 0.323 e. The van der Waals surface area contributed by atoms with Gasteiger partial charge in [0.2, 0.25) is 5.91 Å². The van der Waals surface area contributed by atoms with Crippen LogP contribution in [0.15, 0.2) is 6.20 Å². The van der Waals surface area contributed by atoms with Gasteiger partial charge in [-0.25, -0.2) is 9.75 Å². The van der Waals surface area contributed by atoms with Crippen molar-refractivity contribution in [1.29, 1.82) is 0 Å². The van der Waals surface area contributed by atoms with E-state index in [9.17, 15) is 24.4 Å². The van der Waals surface area contributed by atoms with Crippen LogP contribution in [-0.4, -0.2) is 47.5 Å². The summed E-state index contributed by atoms with van der Waals surface area (Å²) in [5, 5.41) is 17.4. The van der Waals surface area contributed by atoms with Crippen molar-refractivity contribution in [2.75, 3.05) is 6.54 Å². The van der Waals surface area contributed by atoms with Crippen LogP contribution in [0.25, 0.3) is 0 Å². The molecule has 0 saturated carbocycles. The van der Waals surface area contributed by atoms with Gasteiger partial charge in [-0.1, -0.05) is 26.0 Å². The van der Waals surface area contributed by atoms with Gasteiger partial charge in [0.1, 0.15) is 0 Å². The van der Waals surface area contributed by atoms with Gasteiger partial charge in [-0.15, -0.1) is 5.10 Å². The second kappa shape index (κ2) is 6.23. The van der Waals surface area contributed by atoms with E-state index < -0.39 is 19.3 Å². The zero-order valence-electron chi connectivity index (χ0n) is 12.5. The fourth-order valence-corrected chi connectivity index (χ4v) is 2.49. The molecule has 1 atom stereocenters. The van der Waals surface area contributed by atoms with Gasteiger partial charge in [0.15, 0.2) is 5.78 Å². The van der Waals surface area contributed by atoms with Crippen molar-refractivity contribution >= 4 is 13.5 Å². The maximum Gasteiger partial charge on any atom is 0.350 e. The quantitative estimate of drug-likeness (QED) is 0.417. The van der Waals surface area contributed by atoms with Gasteiger partial charge in [0.25, 0.3) is 0 Å². The van der Waals surface area contributed by atoms with E-state index in [1.54, 1.807) is 0 Å². The lowest BCUT2D eigenvalue weighted by atomic mass is 9.93. The van der Waals surface area contributed by atoms with Crippen LogP contribution in [0, 0.1) is 0 Å². The standard InChI is InChI=1S/C11H21N4O5P/c1-8(16)15(17)6-5-10(21(18,19)20)14-7-9(12-13-14)11(2,3)4/h7,10,17H,5-6H2,1-4H3,(H2,18,19,20). The molecular formula is C11H21N4O5P. The van der Waals surface area contributed by atoms with Gasteiger partial charge in [-0.3, -0.25) is 14.6 Å². The van der Waals surface area contributed by atoms with E-state index in [-0.39, 0.29) is 18.4 Å². The predicted molar refractivity (Wildman–Crippen MR) is 73.6 cm³/mol. The average molecular weight is 320 g/mol. The number of hydrogen-bond acceptors (Lipinski definition) is 5. The minimum Gasteiger partial charge on any atom is -0.323 e. The average Bonchev–Trinajstić information content (AvgIpc) is 2.75. The normalized spacial score (nSPS) is 14.0. The summed E-state index contributed by atoms with van der Waals surface area (Å²) in [6, 6.07) is 0. The molecule has 3 N–H and O–H groups in total. The molecule has 1 unspecified atom stereocenters. The van der Waals surface area contributed by atoms with Crippen LogP contribution in [0.1, 0.15) is 45.6 Å². The molecule has 0 aliphatic carbocycles. The van der Waals surface area contributed by atoms with E-state index in [1.807, 2.05) is 20.8 Å². The number of hydrogen-bond donors (Lipinski definition) is 3. The van der Waals surface area contributed by atoms with Crippen LogP contribution < -0.4 is 0 Å². The van der Waals surface area contributed by atoms with Gasteiger partial charge < -0.3 is 9.79 Å². The number of aromatic nitrogens is 3. The van der Waals surface area contributed by atoms with Crippen LogP contribution in [0.5, 0.6) is 0 Å². The molecule has 0 aromatic carbocycles. The minimum absolute atomic E-state index is 0.146. The Bertz CT molecular complexity index is 547. The van der Waals surface area contributed by atoms with Crippen LogP contribution in [0.4, 0.5) is 0 Å². The Hall–Kier alpha value is -1.28. The van der Waals surface area contributed by atoms with Crippen molar-refractivity contribution in [2.24, 2.45) is 0 Å². The van der Waals surface area contributed by atoms with Crippen molar-refractivity contribution < 1.29 is 24.4 Å². The summed E-state index contributed by atoms with van der Waals surface area (Å²) in [6.45, 7) is 6.65. The third-order valence-corrected chi connectivity index (χ3v) is 4.21. The maximum absolute atomic E-state index is 11.6. The summed E-state index contributed by atoms with van der Waals surface area (Å²) < 4.78 is 12.7. The summed E-state index contributed by atoms with van der Waals surface area (Å²) in [5.74, 6) is -1.89. The molecule has 0 radical (unpaired) electrons. The first-order valence-electron chi connectivity index (χ1n) is 6.37. The Morgan fingerprint density at radius 2 is 2.05 bits per heavy atom. The lowest BCUT2D eigenvalue weighted by molar-refractivity contribution is -0.163. The minimum atomic E-state index is -4.51. The molecule has 0 fully saturated rings. The molecule has 10 heteroatoms. The molecule has 9 nitrogen and oxygen atoms in total. The summed E-state index contributed by atoms with van der Waals surface area (Å²) in [4.78, 5) is 29.8. The summed E-state index contributed by atoms with van der Waals surface area (Å²) in [5.41, 5.74) is 0.286. The van der Waals surface area contributed by atoms with Crippen molar-refractivity contribution in [3.8, 4) is 0 Å². The van der Waals surface area contributed by atoms with E-state index >= 15 is 0 Å². The number of amides is 1. The SMILES string of the molecule is CC(=O)N(O)CCC(n1cc(C(C)(C)C)nn1)P(=O)(O)O. The third-order valence-electron chi connectivity index (χ3n) is 2.93. The van der Waals surface area contributed by atoms with E-state index in [1.165, 1.54) is 6.20 Å². The molecule has 0 saturated heterocycles. The van der Waals surface area contributed by atoms with Gasteiger partial charge in [0.05, 0.1) is 18.4 Å². The molecule has 1 amide bonds. The highest BCUT2D eigenvalue weighted by molar-refractivity contribution is 7.51. The van der Waals surface area contributed by atoms with Gasteiger partial charge in [-0.05, 0) is 0 Å². The topological polar surface area (TPSA) is 129 Å². The zero-order chi connectivity index (χ0) is 16.4. The first kappa shape index (κ1) is 17.8. The van der Waals surface area contributed by atoms with Crippen molar-refractivity contribution in [3.05, 3.63) is 11.9 Å².